The Morgan fingerprint density at radius 2 is 1.75 bits per heavy atom. The Balaban J connectivity index is 0.000000181. The monoisotopic (exact) mass is 221 g/mol. The number of rotatable bonds is 2. The fourth-order valence-corrected chi connectivity index (χ4v) is 1.56. The molecule has 1 aliphatic rings. The highest BCUT2D eigenvalue weighted by molar-refractivity contribution is 5.74. The van der Waals surface area contributed by atoms with E-state index in [0.29, 0.717) is 5.56 Å². The van der Waals surface area contributed by atoms with Crippen molar-refractivity contribution in [2.75, 3.05) is 27.2 Å². The maximum absolute atomic E-state index is 10.2. The maximum atomic E-state index is 10.2. The summed E-state index contributed by atoms with van der Waals surface area (Å²) >= 11 is 0. The van der Waals surface area contributed by atoms with Gasteiger partial charge >= 0.3 is 0 Å². The molecule has 0 saturated carbocycles. The summed E-state index contributed by atoms with van der Waals surface area (Å²) in [6.45, 7) is 2.64. The number of nitrogens with zero attached hydrogens (tertiary/aromatic N) is 1. The fraction of sp³-hybridized carbons (Fsp3) is 0.462. The lowest BCUT2D eigenvalue weighted by atomic mass is 10.2. The second kappa shape index (κ2) is 7.01. The van der Waals surface area contributed by atoms with Crippen molar-refractivity contribution in [1.29, 1.82) is 0 Å². The molecular weight excluding hydrogens is 202 g/mol. The molecule has 0 aromatic heterocycles. The van der Waals surface area contributed by atoms with E-state index in [2.05, 4.69) is 11.9 Å². The largest absolute Gasteiger partial charge is 0.497 e. The van der Waals surface area contributed by atoms with E-state index < -0.39 is 0 Å². The molecule has 1 heterocycles. The van der Waals surface area contributed by atoms with Crippen LogP contribution in [0.2, 0.25) is 0 Å². The summed E-state index contributed by atoms with van der Waals surface area (Å²) in [7, 11) is 3.77. The molecule has 1 aliphatic heterocycles. The molecule has 0 spiro atoms. The lowest BCUT2D eigenvalue weighted by molar-refractivity contribution is 0.112. The van der Waals surface area contributed by atoms with Gasteiger partial charge in [-0.2, -0.15) is 0 Å². The Hall–Kier alpha value is -1.35. The van der Waals surface area contributed by atoms with Crippen molar-refractivity contribution in [3.63, 3.8) is 0 Å². The SMILES string of the molecule is CN1CCCC1.COc1ccc(C=O)cc1. The molecule has 88 valence electrons. The second-order valence-electron chi connectivity index (χ2n) is 3.90. The number of carbonyl (C=O) groups is 1. The summed E-state index contributed by atoms with van der Waals surface area (Å²) in [5.74, 6) is 0.769. The molecule has 0 unspecified atom stereocenters. The summed E-state index contributed by atoms with van der Waals surface area (Å²) in [4.78, 5) is 12.5. The van der Waals surface area contributed by atoms with Crippen LogP contribution in [0.4, 0.5) is 0 Å². The summed E-state index contributed by atoms with van der Waals surface area (Å²) in [6, 6.07) is 6.94. The van der Waals surface area contributed by atoms with Crippen molar-refractivity contribution in [2.45, 2.75) is 12.8 Å². The van der Waals surface area contributed by atoms with E-state index in [-0.39, 0.29) is 0 Å². The minimum atomic E-state index is 0.667. The van der Waals surface area contributed by atoms with Crippen LogP contribution in [0.25, 0.3) is 0 Å². The molecule has 3 nitrogen and oxygen atoms in total. The van der Waals surface area contributed by atoms with Crippen LogP contribution < -0.4 is 4.74 Å². The van der Waals surface area contributed by atoms with Crippen LogP contribution in [-0.4, -0.2) is 38.4 Å². The topological polar surface area (TPSA) is 29.5 Å². The van der Waals surface area contributed by atoms with Crippen LogP contribution in [0.1, 0.15) is 23.2 Å². The number of benzene rings is 1. The zero-order valence-electron chi connectivity index (χ0n) is 9.98. The van der Waals surface area contributed by atoms with Gasteiger partial charge in [-0.15, -0.1) is 0 Å². The molecule has 3 heteroatoms. The van der Waals surface area contributed by atoms with Crippen LogP contribution in [0.15, 0.2) is 24.3 Å². The van der Waals surface area contributed by atoms with E-state index in [9.17, 15) is 4.79 Å². The summed E-state index contributed by atoms with van der Waals surface area (Å²) in [5.41, 5.74) is 0.667. The normalized spacial score (nSPS) is 15.1. The van der Waals surface area contributed by atoms with Crippen LogP contribution in [-0.2, 0) is 0 Å². The third kappa shape index (κ3) is 4.45. The van der Waals surface area contributed by atoms with Gasteiger partial charge in [-0.3, -0.25) is 4.79 Å². The summed E-state index contributed by atoms with van der Waals surface area (Å²) < 4.78 is 4.90. The molecule has 0 amide bonds. The first kappa shape index (κ1) is 12.7. The molecule has 2 rings (SSSR count). The molecule has 1 fully saturated rings. The Kier molecular flexibility index (Phi) is 5.57. The van der Waals surface area contributed by atoms with Crippen molar-refractivity contribution in [2.24, 2.45) is 0 Å². The van der Waals surface area contributed by atoms with Gasteiger partial charge in [-0.25, -0.2) is 0 Å². The molecule has 1 aromatic carbocycles. The van der Waals surface area contributed by atoms with Crippen molar-refractivity contribution < 1.29 is 9.53 Å². The highest BCUT2D eigenvalue weighted by Gasteiger charge is 2.03. The molecule has 0 atom stereocenters. The number of ether oxygens (including phenoxy) is 1. The highest BCUT2D eigenvalue weighted by atomic mass is 16.5. The van der Waals surface area contributed by atoms with E-state index in [0.717, 1.165) is 12.0 Å². The third-order valence-electron chi connectivity index (χ3n) is 2.58. The maximum Gasteiger partial charge on any atom is 0.150 e. The first-order valence-electron chi connectivity index (χ1n) is 5.54. The third-order valence-corrected chi connectivity index (χ3v) is 2.58. The summed E-state index contributed by atoms with van der Waals surface area (Å²) in [6.07, 6.45) is 3.63. The van der Waals surface area contributed by atoms with Crippen LogP contribution in [0, 0.1) is 0 Å². The first-order valence-corrected chi connectivity index (χ1v) is 5.54. The average molecular weight is 221 g/mol. The molecule has 1 aromatic rings. The zero-order chi connectivity index (χ0) is 11.8. The average Bonchev–Trinajstić information content (AvgIpc) is 2.81. The van der Waals surface area contributed by atoms with Gasteiger partial charge in [0.25, 0.3) is 0 Å². The van der Waals surface area contributed by atoms with Crippen molar-refractivity contribution in [3.8, 4) is 5.75 Å². The number of likely N-dealkylation sites (tertiary alicyclic amines) is 1. The van der Waals surface area contributed by atoms with Gasteiger partial charge in [0.15, 0.2) is 0 Å². The van der Waals surface area contributed by atoms with E-state index in [1.807, 2.05) is 0 Å². The van der Waals surface area contributed by atoms with Crippen LogP contribution >= 0.6 is 0 Å². The van der Waals surface area contributed by atoms with Gasteiger partial charge in [0.1, 0.15) is 12.0 Å². The van der Waals surface area contributed by atoms with Gasteiger partial charge < -0.3 is 9.64 Å². The van der Waals surface area contributed by atoms with E-state index in [1.54, 1.807) is 31.4 Å². The predicted octanol–water partition coefficient (Wildman–Crippen LogP) is 2.22. The van der Waals surface area contributed by atoms with E-state index in [4.69, 9.17) is 4.74 Å². The number of methoxy groups -OCH3 is 1. The van der Waals surface area contributed by atoms with Gasteiger partial charge in [0, 0.05) is 5.56 Å². The highest BCUT2D eigenvalue weighted by Crippen LogP contribution is 2.09. The number of hydrogen-bond donors (Lipinski definition) is 0. The van der Waals surface area contributed by atoms with Gasteiger partial charge in [-0.05, 0) is 57.2 Å². The number of aldehydes is 1. The van der Waals surface area contributed by atoms with Crippen LogP contribution in [0.3, 0.4) is 0 Å². The zero-order valence-corrected chi connectivity index (χ0v) is 9.98. The minimum Gasteiger partial charge on any atom is -0.497 e. The van der Waals surface area contributed by atoms with Gasteiger partial charge in [-0.1, -0.05) is 0 Å². The molecule has 16 heavy (non-hydrogen) atoms. The lowest BCUT2D eigenvalue weighted by Crippen LogP contribution is -2.10. The minimum absolute atomic E-state index is 0.667. The summed E-state index contributed by atoms with van der Waals surface area (Å²) in [5, 5.41) is 0. The van der Waals surface area contributed by atoms with Crippen molar-refractivity contribution in [3.05, 3.63) is 29.8 Å². The fourth-order valence-electron chi connectivity index (χ4n) is 1.56. The molecule has 0 aliphatic carbocycles. The van der Waals surface area contributed by atoms with E-state index in [1.165, 1.54) is 25.9 Å². The molecule has 0 bridgehead atoms. The number of hydrogen-bond acceptors (Lipinski definition) is 3. The number of carbonyl (C=O) groups excluding carboxylic acids is 1. The van der Waals surface area contributed by atoms with Crippen molar-refractivity contribution in [1.82, 2.24) is 4.90 Å². The van der Waals surface area contributed by atoms with Crippen LogP contribution in [0.5, 0.6) is 5.75 Å². The Bertz CT molecular complexity index is 302. The van der Waals surface area contributed by atoms with Gasteiger partial charge in [0.2, 0.25) is 0 Å². The standard InChI is InChI=1S/C8H8O2.C5H11N/c1-10-8-4-2-7(6-9)3-5-8;1-6-4-2-3-5-6/h2-6H,1H3;2-5H2,1H3. The van der Waals surface area contributed by atoms with Crippen molar-refractivity contribution >= 4 is 6.29 Å². The molecular formula is C13H19NO2. The molecule has 0 radical (unpaired) electrons. The Labute approximate surface area is 97.0 Å². The Morgan fingerprint density at radius 3 is 2.06 bits per heavy atom. The second-order valence-corrected chi connectivity index (χ2v) is 3.90. The lowest BCUT2D eigenvalue weighted by Gasteiger charge is -2.01. The predicted molar refractivity (Wildman–Crippen MR) is 65.1 cm³/mol. The van der Waals surface area contributed by atoms with E-state index >= 15 is 0 Å². The quantitative estimate of drug-likeness (QED) is 0.717. The molecule has 1 saturated heterocycles. The van der Waals surface area contributed by atoms with Gasteiger partial charge in [0.05, 0.1) is 7.11 Å². The molecule has 0 N–H and O–H groups in total. The smallest absolute Gasteiger partial charge is 0.150 e. The first-order chi connectivity index (χ1) is 7.76. The Morgan fingerprint density at radius 1 is 1.19 bits per heavy atom.